The average Bonchev–Trinajstić information content (AvgIpc) is 2.90. The van der Waals surface area contributed by atoms with Crippen LogP contribution in [0.25, 0.3) is 64.6 Å². The molecule has 0 bridgehead atoms. The third kappa shape index (κ3) is 2.46. The molecule has 0 atom stereocenters. The summed E-state index contributed by atoms with van der Waals surface area (Å²) in [6, 6.07) is 36.8. The van der Waals surface area contributed by atoms with E-state index in [1.54, 1.807) is 0 Å². The summed E-state index contributed by atoms with van der Waals surface area (Å²) >= 11 is 0. The molecular formula is C32H19O2P. The second-order valence-electron chi connectivity index (χ2n) is 9.46. The van der Waals surface area contributed by atoms with Crippen molar-refractivity contribution in [2.45, 2.75) is 0 Å². The fraction of sp³-hybridized carbons (Fsp3) is 0. The van der Waals surface area contributed by atoms with E-state index in [1.165, 1.54) is 0 Å². The van der Waals surface area contributed by atoms with Crippen LogP contribution in [-0.4, -0.2) is 4.89 Å². The van der Waals surface area contributed by atoms with Gasteiger partial charge in [-0.3, -0.25) is 4.57 Å². The van der Waals surface area contributed by atoms with Crippen LogP contribution in [0.2, 0.25) is 0 Å². The number of hydrogen-bond acceptors (Lipinski definition) is 1. The molecule has 0 aliphatic carbocycles. The molecule has 0 aliphatic heterocycles. The van der Waals surface area contributed by atoms with E-state index >= 15 is 0 Å². The highest BCUT2D eigenvalue weighted by Gasteiger charge is 2.30. The first-order chi connectivity index (χ1) is 17.1. The van der Waals surface area contributed by atoms with Crippen LogP contribution in [0, 0.1) is 0 Å². The van der Waals surface area contributed by atoms with Crippen molar-refractivity contribution in [3.8, 4) is 0 Å². The third-order valence-electron chi connectivity index (χ3n) is 7.66. The van der Waals surface area contributed by atoms with Gasteiger partial charge in [0.05, 0.1) is 0 Å². The molecule has 1 N–H and O–H groups in total. The van der Waals surface area contributed by atoms with Crippen molar-refractivity contribution < 1.29 is 9.46 Å². The van der Waals surface area contributed by atoms with Crippen LogP contribution in [0.1, 0.15) is 0 Å². The van der Waals surface area contributed by atoms with Crippen LogP contribution < -0.4 is 10.6 Å². The minimum atomic E-state index is -3.91. The summed E-state index contributed by atoms with van der Waals surface area (Å²) in [4.78, 5) is 11.9. The molecule has 0 aromatic heterocycles. The molecule has 0 heterocycles. The van der Waals surface area contributed by atoms with Gasteiger partial charge in [-0.05, 0) is 76.8 Å². The quantitative estimate of drug-likeness (QED) is 0.209. The van der Waals surface area contributed by atoms with E-state index < -0.39 is 7.37 Å². The van der Waals surface area contributed by atoms with Gasteiger partial charge in [0.1, 0.15) is 0 Å². The van der Waals surface area contributed by atoms with Crippen LogP contribution in [0.5, 0.6) is 0 Å². The molecular weight excluding hydrogens is 447 g/mol. The van der Waals surface area contributed by atoms with E-state index in [0.717, 1.165) is 64.6 Å². The van der Waals surface area contributed by atoms with Gasteiger partial charge >= 0.3 is 0 Å². The predicted molar refractivity (Wildman–Crippen MR) is 149 cm³/mol. The summed E-state index contributed by atoms with van der Waals surface area (Å²) in [6.45, 7) is 0. The third-order valence-corrected chi connectivity index (χ3v) is 9.75. The molecule has 8 aromatic carbocycles. The Morgan fingerprint density at radius 2 is 0.714 bits per heavy atom. The smallest absolute Gasteiger partial charge is 0.259 e. The fourth-order valence-electron chi connectivity index (χ4n) is 6.10. The Morgan fingerprint density at radius 1 is 0.400 bits per heavy atom. The van der Waals surface area contributed by atoms with Gasteiger partial charge in [-0.15, -0.1) is 0 Å². The lowest BCUT2D eigenvalue weighted by Crippen LogP contribution is -2.17. The fourth-order valence-corrected chi connectivity index (χ4v) is 7.94. The predicted octanol–water partition coefficient (Wildman–Crippen LogP) is 7.70. The lowest BCUT2D eigenvalue weighted by molar-refractivity contribution is 0.501. The number of rotatable bonds is 2. The van der Waals surface area contributed by atoms with Gasteiger partial charge in [-0.1, -0.05) is 97.1 Å². The molecule has 8 aromatic rings. The molecule has 0 aliphatic rings. The van der Waals surface area contributed by atoms with E-state index in [0.29, 0.717) is 10.6 Å². The maximum absolute atomic E-state index is 14.5. The monoisotopic (exact) mass is 466 g/mol. The summed E-state index contributed by atoms with van der Waals surface area (Å²) in [5, 5.41) is 13.9. The summed E-state index contributed by atoms with van der Waals surface area (Å²) in [5.41, 5.74) is 0. The van der Waals surface area contributed by atoms with Gasteiger partial charge in [0, 0.05) is 10.6 Å². The molecule has 0 saturated heterocycles. The summed E-state index contributed by atoms with van der Waals surface area (Å²) in [6.07, 6.45) is 0. The highest BCUT2D eigenvalue weighted by Crippen LogP contribution is 2.46. The van der Waals surface area contributed by atoms with Gasteiger partial charge in [0.15, 0.2) is 0 Å². The second kappa shape index (κ2) is 6.58. The maximum Gasteiger partial charge on any atom is 0.259 e. The average molecular weight is 466 g/mol. The van der Waals surface area contributed by atoms with E-state index in [9.17, 15) is 9.46 Å². The Balaban J connectivity index is 1.49. The van der Waals surface area contributed by atoms with Gasteiger partial charge < -0.3 is 4.89 Å². The molecule has 35 heavy (non-hydrogen) atoms. The molecule has 0 radical (unpaired) electrons. The lowest BCUT2D eigenvalue weighted by atomic mass is 9.94. The topological polar surface area (TPSA) is 37.3 Å². The molecule has 164 valence electrons. The summed E-state index contributed by atoms with van der Waals surface area (Å²) in [5.74, 6) is 0. The van der Waals surface area contributed by atoms with Crippen molar-refractivity contribution in [2.24, 2.45) is 0 Å². The summed E-state index contributed by atoms with van der Waals surface area (Å²) in [7, 11) is -3.91. The molecule has 0 amide bonds. The molecule has 0 saturated carbocycles. The van der Waals surface area contributed by atoms with E-state index in [4.69, 9.17) is 0 Å². The minimum Gasteiger partial charge on any atom is -0.338 e. The first-order valence-corrected chi connectivity index (χ1v) is 13.4. The van der Waals surface area contributed by atoms with Crippen LogP contribution >= 0.6 is 7.37 Å². The Morgan fingerprint density at radius 3 is 1.11 bits per heavy atom. The summed E-state index contributed by atoms with van der Waals surface area (Å²) < 4.78 is 14.5. The highest BCUT2D eigenvalue weighted by atomic mass is 31.2. The first kappa shape index (κ1) is 19.3. The molecule has 0 fully saturated rings. The van der Waals surface area contributed by atoms with Crippen LogP contribution in [0.4, 0.5) is 0 Å². The minimum absolute atomic E-state index is 0.498. The number of benzene rings is 8. The molecule has 0 spiro atoms. The Labute approximate surface area is 201 Å². The van der Waals surface area contributed by atoms with Crippen molar-refractivity contribution in [3.05, 3.63) is 109 Å². The van der Waals surface area contributed by atoms with Gasteiger partial charge in [-0.2, -0.15) is 0 Å². The van der Waals surface area contributed by atoms with Gasteiger partial charge in [0.2, 0.25) is 0 Å². The van der Waals surface area contributed by atoms with Gasteiger partial charge in [-0.25, -0.2) is 0 Å². The SMILES string of the molecule is O=P(O)(c1ccc2ccc3cccc4ccc1c2c34)c1ccc2ccc3cccc4ccc1c2c34. The van der Waals surface area contributed by atoms with Gasteiger partial charge in [0.25, 0.3) is 7.37 Å². The zero-order valence-electron chi connectivity index (χ0n) is 18.7. The normalized spacial score (nSPS) is 12.8. The van der Waals surface area contributed by atoms with Crippen molar-refractivity contribution in [1.29, 1.82) is 0 Å². The Hall–Kier alpha value is -3.97. The largest absolute Gasteiger partial charge is 0.338 e. The standard InChI is InChI=1S/C32H19O2P/c33-35(34,27-17-13-23-9-7-19-3-1-5-21-11-15-25(27)31(23)29(19)21)28-18-14-24-10-8-20-4-2-6-22-12-16-26(28)32(24)30(20)22/h1-18H,(H,33,34). The molecule has 2 nitrogen and oxygen atoms in total. The molecule has 3 heteroatoms. The van der Waals surface area contributed by atoms with Crippen LogP contribution in [0.15, 0.2) is 109 Å². The van der Waals surface area contributed by atoms with Crippen LogP contribution in [0.3, 0.4) is 0 Å². The molecule has 8 rings (SSSR count). The van der Waals surface area contributed by atoms with Crippen molar-refractivity contribution >= 4 is 82.6 Å². The second-order valence-corrected chi connectivity index (χ2v) is 11.6. The Kier molecular flexibility index (Phi) is 3.64. The van der Waals surface area contributed by atoms with E-state index in [2.05, 4.69) is 72.8 Å². The maximum atomic E-state index is 14.5. The van der Waals surface area contributed by atoms with Crippen molar-refractivity contribution in [2.75, 3.05) is 0 Å². The van der Waals surface area contributed by atoms with E-state index in [1.807, 2.05) is 36.4 Å². The number of hydrogen-bond donors (Lipinski definition) is 1. The zero-order valence-corrected chi connectivity index (χ0v) is 19.6. The Bertz CT molecular complexity index is 1970. The van der Waals surface area contributed by atoms with E-state index in [-0.39, 0.29) is 0 Å². The molecule has 0 unspecified atom stereocenters. The highest BCUT2D eigenvalue weighted by molar-refractivity contribution is 7.74. The van der Waals surface area contributed by atoms with Crippen LogP contribution in [-0.2, 0) is 4.57 Å². The zero-order chi connectivity index (χ0) is 23.3. The lowest BCUT2D eigenvalue weighted by Gasteiger charge is -2.20. The first-order valence-electron chi connectivity index (χ1n) is 11.8. The van der Waals surface area contributed by atoms with Crippen molar-refractivity contribution in [3.63, 3.8) is 0 Å². The van der Waals surface area contributed by atoms with Crippen molar-refractivity contribution in [1.82, 2.24) is 0 Å².